The molecule has 0 aromatic heterocycles. The lowest BCUT2D eigenvalue weighted by Gasteiger charge is -2.12. The van der Waals surface area contributed by atoms with E-state index in [1.54, 1.807) is 14.0 Å². The van der Waals surface area contributed by atoms with Crippen molar-refractivity contribution >= 4 is 5.91 Å². The number of hydrazine groups is 1. The molecule has 0 atom stereocenters. The molecule has 11 heavy (non-hydrogen) atoms. The van der Waals surface area contributed by atoms with Crippen LogP contribution in [-0.4, -0.2) is 24.5 Å². The van der Waals surface area contributed by atoms with Crippen molar-refractivity contribution in [3.8, 4) is 0 Å². The first-order valence-electron chi connectivity index (χ1n) is 3.22. The van der Waals surface area contributed by atoms with E-state index in [1.807, 2.05) is 0 Å². The van der Waals surface area contributed by atoms with Crippen LogP contribution < -0.4 is 16.9 Å². The van der Waals surface area contributed by atoms with Gasteiger partial charge in [-0.15, -0.1) is 0 Å². The zero-order valence-corrected chi connectivity index (χ0v) is 6.79. The fourth-order valence-electron chi connectivity index (χ4n) is 0.552. The molecular weight excluding hydrogens is 144 g/mol. The van der Waals surface area contributed by atoms with E-state index in [0.29, 0.717) is 5.70 Å². The Labute approximate surface area is 66.0 Å². The lowest BCUT2D eigenvalue weighted by Crippen LogP contribution is -2.37. The van der Waals surface area contributed by atoms with Crippen molar-refractivity contribution in [2.45, 2.75) is 6.92 Å². The van der Waals surface area contributed by atoms with Gasteiger partial charge in [-0.25, -0.2) is 5.84 Å². The van der Waals surface area contributed by atoms with Crippen LogP contribution in [0.5, 0.6) is 0 Å². The minimum Gasteiger partial charge on any atom is -0.401 e. The number of nitrogens with two attached hydrogens (primary N) is 2. The summed E-state index contributed by atoms with van der Waals surface area (Å²) in [4.78, 5) is 10.7. The normalized spacial score (nSPS) is 11.0. The molecule has 0 spiro atoms. The molecule has 0 rings (SSSR count). The van der Waals surface area contributed by atoms with Crippen molar-refractivity contribution in [2.24, 2.45) is 11.6 Å². The summed E-state index contributed by atoms with van der Waals surface area (Å²) < 4.78 is 0. The summed E-state index contributed by atoms with van der Waals surface area (Å²) in [5.41, 5.74) is 5.88. The minimum atomic E-state index is -0.148. The van der Waals surface area contributed by atoms with E-state index in [0.717, 1.165) is 0 Å². The van der Waals surface area contributed by atoms with Crippen LogP contribution in [0.2, 0.25) is 0 Å². The van der Waals surface area contributed by atoms with Crippen molar-refractivity contribution in [1.29, 1.82) is 0 Å². The van der Waals surface area contributed by atoms with E-state index in [2.05, 4.69) is 5.32 Å². The molecule has 0 fully saturated rings. The smallest absolute Gasteiger partial charge is 0.240 e. The SMILES string of the molecule is CNC(=O)CN(N)/C=C(/C)N. The fourth-order valence-corrected chi connectivity index (χ4v) is 0.552. The first-order valence-corrected chi connectivity index (χ1v) is 3.22. The Morgan fingerprint density at radius 3 is 2.64 bits per heavy atom. The predicted octanol–water partition coefficient (Wildman–Crippen LogP) is -1.27. The molecule has 0 bridgehead atoms. The second-order valence-electron chi connectivity index (χ2n) is 2.22. The number of nitrogens with one attached hydrogen (secondary N) is 1. The topological polar surface area (TPSA) is 84.4 Å². The maximum atomic E-state index is 10.7. The maximum absolute atomic E-state index is 10.7. The average molecular weight is 158 g/mol. The molecule has 1 amide bonds. The third kappa shape index (κ3) is 5.23. The molecule has 5 heteroatoms. The fraction of sp³-hybridized carbons (Fsp3) is 0.500. The van der Waals surface area contributed by atoms with Crippen molar-refractivity contribution in [3.05, 3.63) is 11.9 Å². The standard InChI is InChI=1S/C6H14N4O/c1-5(7)3-10(8)4-6(11)9-2/h3H,4,7-8H2,1-2H3,(H,9,11)/b5-3-. The zero-order valence-electron chi connectivity index (χ0n) is 6.79. The number of hydrogen-bond donors (Lipinski definition) is 3. The van der Waals surface area contributed by atoms with Gasteiger partial charge < -0.3 is 16.1 Å². The summed E-state index contributed by atoms with van der Waals surface area (Å²) in [6.45, 7) is 1.81. The first kappa shape index (κ1) is 9.77. The van der Waals surface area contributed by atoms with Crippen LogP contribution in [0.25, 0.3) is 0 Å². The van der Waals surface area contributed by atoms with E-state index < -0.39 is 0 Å². The second-order valence-corrected chi connectivity index (χ2v) is 2.22. The molecule has 0 aliphatic carbocycles. The van der Waals surface area contributed by atoms with E-state index >= 15 is 0 Å². The summed E-state index contributed by atoms with van der Waals surface area (Å²) in [5.74, 6) is 5.22. The number of likely N-dealkylation sites (N-methyl/N-ethyl adjacent to an activating group) is 1. The molecule has 64 valence electrons. The van der Waals surface area contributed by atoms with Gasteiger partial charge in [0.25, 0.3) is 0 Å². The Hall–Kier alpha value is -1.23. The Kier molecular flexibility index (Phi) is 4.05. The van der Waals surface area contributed by atoms with Crippen LogP contribution in [0.3, 0.4) is 0 Å². The van der Waals surface area contributed by atoms with Gasteiger partial charge in [0.05, 0.1) is 0 Å². The molecule has 0 unspecified atom stereocenters. The molecule has 5 N–H and O–H groups in total. The number of carbonyl (C=O) groups excluding carboxylic acids is 1. The van der Waals surface area contributed by atoms with Crippen LogP contribution in [-0.2, 0) is 4.79 Å². The second kappa shape index (κ2) is 4.56. The number of carbonyl (C=O) groups is 1. The molecule has 0 aliphatic heterocycles. The molecule has 0 aromatic carbocycles. The molecule has 0 saturated heterocycles. The molecule has 0 heterocycles. The van der Waals surface area contributed by atoms with Gasteiger partial charge in [-0.05, 0) is 6.92 Å². The average Bonchev–Trinajstić information content (AvgIpc) is 1.85. The summed E-state index contributed by atoms with van der Waals surface area (Å²) in [5, 5.41) is 3.67. The highest BCUT2D eigenvalue weighted by Gasteiger charge is 1.99. The highest BCUT2D eigenvalue weighted by Crippen LogP contribution is 1.83. The zero-order chi connectivity index (χ0) is 8.85. The Morgan fingerprint density at radius 1 is 1.73 bits per heavy atom. The lowest BCUT2D eigenvalue weighted by molar-refractivity contribution is -0.121. The van der Waals surface area contributed by atoms with Gasteiger partial charge in [-0.2, -0.15) is 0 Å². The Bertz CT molecular complexity index is 162. The number of allylic oxidation sites excluding steroid dienone is 1. The highest BCUT2D eigenvalue weighted by atomic mass is 16.2. The van der Waals surface area contributed by atoms with Crippen LogP contribution in [0.1, 0.15) is 6.92 Å². The highest BCUT2D eigenvalue weighted by molar-refractivity contribution is 5.77. The van der Waals surface area contributed by atoms with Crippen molar-refractivity contribution in [2.75, 3.05) is 13.6 Å². The Morgan fingerprint density at radius 2 is 2.27 bits per heavy atom. The van der Waals surface area contributed by atoms with Gasteiger partial charge in [0.15, 0.2) is 0 Å². The number of rotatable bonds is 3. The lowest BCUT2D eigenvalue weighted by atomic mass is 10.5. The summed E-state index contributed by atoms with van der Waals surface area (Å²) in [6.07, 6.45) is 1.50. The quantitative estimate of drug-likeness (QED) is 0.353. The van der Waals surface area contributed by atoms with E-state index in [-0.39, 0.29) is 12.5 Å². The molecule has 0 aromatic rings. The van der Waals surface area contributed by atoms with Gasteiger partial charge in [-0.3, -0.25) is 4.79 Å². The number of nitrogens with zero attached hydrogens (tertiary/aromatic N) is 1. The van der Waals surface area contributed by atoms with E-state index in [4.69, 9.17) is 11.6 Å². The van der Waals surface area contributed by atoms with Crippen molar-refractivity contribution in [3.63, 3.8) is 0 Å². The number of hydrogen-bond acceptors (Lipinski definition) is 4. The monoisotopic (exact) mass is 158 g/mol. The third-order valence-corrected chi connectivity index (χ3v) is 0.974. The molecule has 5 nitrogen and oxygen atoms in total. The van der Waals surface area contributed by atoms with Gasteiger partial charge in [0, 0.05) is 18.9 Å². The van der Waals surface area contributed by atoms with Crippen LogP contribution in [0.4, 0.5) is 0 Å². The summed E-state index contributed by atoms with van der Waals surface area (Å²) in [6, 6.07) is 0. The van der Waals surface area contributed by atoms with Crippen molar-refractivity contribution in [1.82, 2.24) is 10.3 Å². The van der Waals surface area contributed by atoms with Crippen LogP contribution in [0.15, 0.2) is 11.9 Å². The minimum absolute atomic E-state index is 0.116. The van der Waals surface area contributed by atoms with Gasteiger partial charge >= 0.3 is 0 Å². The van der Waals surface area contributed by atoms with Crippen LogP contribution in [0, 0.1) is 0 Å². The Balaban J connectivity index is 3.78. The number of amides is 1. The van der Waals surface area contributed by atoms with E-state index in [9.17, 15) is 4.79 Å². The summed E-state index contributed by atoms with van der Waals surface area (Å²) >= 11 is 0. The molecule has 0 radical (unpaired) electrons. The maximum Gasteiger partial charge on any atom is 0.240 e. The van der Waals surface area contributed by atoms with E-state index in [1.165, 1.54) is 11.2 Å². The molecule has 0 saturated carbocycles. The third-order valence-electron chi connectivity index (χ3n) is 0.974. The van der Waals surface area contributed by atoms with Gasteiger partial charge in [0.2, 0.25) is 5.91 Å². The first-order chi connectivity index (χ1) is 5.06. The molecule has 0 aliphatic rings. The largest absolute Gasteiger partial charge is 0.401 e. The van der Waals surface area contributed by atoms with Gasteiger partial charge in [0.1, 0.15) is 6.54 Å². The van der Waals surface area contributed by atoms with Crippen molar-refractivity contribution < 1.29 is 4.79 Å². The molecular formula is C6H14N4O. The van der Waals surface area contributed by atoms with Gasteiger partial charge in [-0.1, -0.05) is 0 Å². The summed E-state index contributed by atoms with van der Waals surface area (Å²) in [7, 11) is 1.55. The van der Waals surface area contributed by atoms with Crippen LogP contribution >= 0.6 is 0 Å². The predicted molar refractivity (Wildman–Crippen MR) is 42.9 cm³/mol.